The fraction of sp³-hybridized carbons (Fsp3) is 0.444. The summed E-state index contributed by atoms with van der Waals surface area (Å²) in [5, 5.41) is 12.5. The van der Waals surface area contributed by atoms with Gasteiger partial charge in [-0.1, -0.05) is 68.3 Å². The molecule has 2 aromatic rings. The molecule has 0 bridgehead atoms. The average molecular weight is 465 g/mol. The molecule has 7 heteroatoms. The Bertz CT molecular complexity index is 1030. The first-order chi connectivity index (χ1) is 16.4. The van der Waals surface area contributed by atoms with E-state index in [0.717, 1.165) is 35.1 Å². The molecule has 0 radical (unpaired) electrons. The molecule has 1 unspecified atom stereocenters. The van der Waals surface area contributed by atoms with Gasteiger partial charge in [0.2, 0.25) is 5.91 Å². The number of hydrogen-bond donors (Lipinski definition) is 2. The fourth-order valence-corrected chi connectivity index (χ4v) is 5.40. The molecule has 2 aliphatic carbocycles. The van der Waals surface area contributed by atoms with Crippen LogP contribution < -0.4 is 5.32 Å². The zero-order chi connectivity index (χ0) is 24.3. The van der Waals surface area contributed by atoms with E-state index < -0.39 is 23.5 Å². The summed E-state index contributed by atoms with van der Waals surface area (Å²) in [6, 6.07) is 16.3. The maximum Gasteiger partial charge on any atom is 0.407 e. The van der Waals surface area contributed by atoms with E-state index in [1.54, 1.807) is 7.05 Å². The Kier molecular flexibility index (Phi) is 6.91. The molecule has 2 aliphatic rings. The first-order valence-electron chi connectivity index (χ1n) is 12.0. The standard InChI is InChI=1S/C27H32N2O5/c1-3-18(24(30)29(2)27(25(31)32)14-8-9-15-27)16-28-26(33)34-17-23-21-12-6-4-10-19(21)20-11-5-7-13-22(20)23/h4-7,10-13,18,23H,3,8-9,14-17H2,1-2H3,(H,28,33)(H,31,32). The Morgan fingerprint density at radius 2 is 1.62 bits per heavy atom. The van der Waals surface area contributed by atoms with Crippen LogP contribution in [0.5, 0.6) is 0 Å². The number of nitrogens with zero attached hydrogens (tertiary/aromatic N) is 1. The van der Waals surface area contributed by atoms with Gasteiger partial charge >= 0.3 is 12.1 Å². The molecule has 0 saturated heterocycles. The molecule has 2 aromatic carbocycles. The van der Waals surface area contributed by atoms with Crippen LogP contribution in [-0.2, 0) is 14.3 Å². The monoisotopic (exact) mass is 464 g/mol. The normalized spacial score (nSPS) is 16.9. The third-order valence-corrected chi connectivity index (χ3v) is 7.48. The number of carboxylic acids is 1. The molecule has 0 aliphatic heterocycles. The van der Waals surface area contributed by atoms with Gasteiger partial charge in [-0.2, -0.15) is 0 Å². The van der Waals surface area contributed by atoms with Crippen molar-refractivity contribution in [1.29, 1.82) is 0 Å². The number of carbonyl (C=O) groups is 3. The van der Waals surface area contributed by atoms with Gasteiger partial charge in [0.15, 0.2) is 0 Å². The van der Waals surface area contributed by atoms with Crippen molar-refractivity contribution in [2.75, 3.05) is 20.2 Å². The molecule has 2 amide bonds. The van der Waals surface area contributed by atoms with Crippen LogP contribution in [0.4, 0.5) is 4.79 Å². The van der Waals surface area contributed by atoms with Gasteiger partial charge < -0.3 is 20.1 Å². The average Bonchev–Trinajstić information content (AvgIpc) is 3.47. The first-order valence-corrected chi connectivity index (χ1v) is 12.0. The van der Waals surface area contributed by atoms with Crippen molar-refractivity contribution in [1.82, 2.24) is 10.2 Å². The Morgan fingerprint density at radius 1 is 1.06 bits per heavy atom. The molecule has 1 fully saturated rings. The minimum absolute atomic E-state index is 0.0364. The second-order valence-electron chi connectivity index (χ2n) is 9.25. The SMILES string of the molecule is CCC(CNC(=O)OCC1c2ccccc2-c2ccccc21)C(=O)N(C)C1(C(=O)O)CCCC1. The molecular weight excluding hydrogens is 432 g/mol. The number of nitrogens with one attached hydrogen (secondary N) is 1. The molecular formula is C27H32N2O5. The lowest BCUT2D eigenvalue weighted by atomic mass is 9.93. The minimum Gasteiger partial charge on any atom is -0.479 e. The van der Waals surface area contributed by atoms with Crippen LogP contribution in [0.2, 0.25) is 0 Å². The summed E-state index contributed by atoms with van der Waals surface area (Å²) < 4.78 is 5.56. The Morgan fingerprint density at radius 3 is 2.15 bits per heavy atom. The van der Waals surface area contributed by atoms with Gasteiger partial charge in [0, 0.05) is 19.5 Å². The van der Waals surface area contributed by atoms with E-state index in [4.69, 9.17) is 4.74 Å². The number of benzene rings is 2. The van der Waals surface area contributed by atoms with Crippen LogP contribution in [0, 0.1) is 5.92 Å². The topological polar surface area (TPSA) is 95.9 Å². The number of carbonyl (C=O) groups excluding carboxylic acids is 2. The van der Waals surface area contributed by atoms with Crippen molar-refractivity contribution in [2.45, 2.75) is 50.5 Å². The zero-order valence-corrected chi connectivity index (χ0v) is 19.8. The highest BCUT2D eigenvalue weighted by Gasteiger charge is 2.47. The Labute approximate surface area is 200 Å². The molecule has 0 aromatic heterocycles. The minimum atomic E-state index is -1.14. The number of alkyl carbamates (subject to hydrolysis) is 1. The predicted octanol–water partition coefficient (Wildman–Crippen LogP) is 4.41. The smallest absolute Gasteiger partial charge is 0.407 e. The summed E-state index contributed by atoms with van der Waals surface area (Å²) in [5.41, 5.74) is 3.44. The second-order valence-corrected chi connectivity index (χ2v) is 9.25. The summed E-state index contributed by atoms with van der Waals surface area (Å²) in [4.78, 5) is 38.9. The predicted molar refractivity (Wildman–Crippen MR) is 128 cm³/mol. The van der Waals surface area contributed by atoms with Crippen molar-refractivity contribution in [3.05, 3.63) is 59.7 Å². The number of hydrogen-bond acceptors (Lipinski definition) is 4. The Balaban J connectivity index is 1.35. The van der Waals surface area contributed by atoms with E-state index in [0.29, 0.717) is 19.3 Å². The van der Waals surface area contributed by atoms with Gasteiger partial charge in [-0.05, 0) is 41.5 Å². The molecule has 2 N–H and O–H groups in total. The zero-order valence-electron chi connectivity index (χ0n) is 19.8. The number of ether oxygens (including phenoxy) is 1. The number of aliphatic carboxylic acids is 1. The summed E-state index contributed by atoms with van der Waals surface area (Å²) in [5.74, 6) is -1.76. The van der Waals surface area contributed by atoms with E-state index in [-0.39, 0.29) is 25.0 Å². The summed E-state index contributed by atoms with van der Waals surface area (Å²) in [6.07, 6.45) is 2.41. The molecule has 0 spiro atoms. The third-order valence-electron chi connectivity index (χ3n) is 7.48. The van der Waals surface area contributed by atoms with Crippen LogP contribution in [0.1, 0.15) is 56.1 Å². The lowest BCUT2D eigenvalue weighted by molar-refractivity contribution is -0.159. The van der Waals surface area contributed by atoms with E-state index in [9.17, 15) is 19.5 Å². The summed E-state index contributed by atoms with van der Waals surface area (Å²) >= 11 is 0. The molecule has 1 atom stereocenters. The van der Waals surface area contributed by atoms with E-state index in [2.05, 4.69) is 29.6 Å². The molecule has 34 heavy (non-hydrogen) atoms. The van der Waals surface area contributed by atoms with Crippen LogP contribution in [0.25, 0.3) is 11.1 Å². The van der Waals surface area contributed by atoms with Crippen LogP contribution in [-0.4, -0.2) is 53.7 Å². The largest absolute Gasteiger partial charge is 0.479 e. The van der Waals surface area contributed by atoms with Crippen molar-refractivity contribution < 1.29 is 24.2 Å². The van der Waals surface area contributed by atoms with E-state index >= 15 is 0 Å². The first kappa shape index (κ1) is 23.8. The number of carboxylic acid groups (broad SMARTS) is 1. The lowest BCUT2D eigenvalue weighted by Crippen LogP contribution is -2.55. The number of fused-ring (bicyclic) bond motifs is 3. The van der Waals surface area contributed by atoms with Crippen molar-refractivity contribution in [3.8, 4) is 11.1 Å². The van der Waals surface area contributed by atoms with Crippen molar-refractivity contribution in [2.24, 2.45) is 5.92 Å². The summed E-state index contributed by atoms with van der Waals surface area (Å²) in [6.45, 7) is 2.16. The number of rotatable bonds is 8. The molecule has 1 saturated carbocycles. The lowest BCUT2D eigenvalue weighted by Gasteiger charge is -2.37. The van der Waals surface area contributed by atoms with Crippen LogP contribution in [0.3, 0.4) is 0 Å². The fourth-order valence-electron chi connectivity index (χ4n) is 5.40. The third kappa shape index (κ3) is 4.27. The molecule has 180 valence electrons. The van der Waals surface area contributed by atoms with Gasteiger partial charge in [0.1, 0.15) is 12.1 Å². The quantitative estimate of drug-likeness (QED) is 0.603. The van der Waals surface area contributed by atoms with E-state index in [1.165, 1.54) is 4.90 Å². The molecule has 0 heterocycles. The molecule has 4 rings (SSSR count). The van der Waals surface area contributed by atoms with Crippen molar-refractivity contribution >= 4 is 18.0 Å². The number of likely N-dealkylation sites (N-methyl/N-ethyl adjacent to an activating group) is 1. The summed E-state index contributed by atoms with van der Waals surface area (Å²) in [7, 11) is 1.57. The van der Waals surface area contributed by atoms with Crippen LogP contribution >= 0.6 is 0 Å². The highest BCUT2D eigenvalue weighted by Crippen LogP contribution is 2.44. The van der Waals surface area contributed by atoms with Crippen LogP contribution in [0.15, 0.2) is 48.5 Å². The second kappa shape index (κ2) is 9.87. The highest BCUT2D eigenvalue weighted by molar-refractivity contribution is 5.88. The van der Waals surface area contributed by atoms with Crippen molar-refractivity contribution in [3.63, 3.8) is 0 Å². The van der Waals surface area contributed by atoms with Gasteiger partial charge in [-0.15, -0.1) is 0 Å². The van der Waals surface area contributed by atoms with E-state index in [1.807, 2.05) is 31.2 Å². The van der Waals surface area contributed by atoms with Gasteiger partial charge in [-0.3, -0.25) is 4.79 Å². The highest BCUT2D eigenvalue weighted by atomic mass is 16.5. The number of amides is 2. The maximum absolute atomic E-state index is 13.1. The Hall–Kier alpha value is -3.35. The maximum atomic E-state index is 13.1. The van der Waals surface area contributed by atoms with Gasteiger partial charge in [0.25, 0.3) is 0 Å². The van der Waals surface area contributed by atoms with Gasteiger partial charge in [-0.25, -0.2) is 9.59 Å². The molecule has 7 nitrogen and oxygen atoms in total. The van der Waals surface area contributed by atoms with Gasteiger partial charge in [0.05, 0.1) is 5.92 Å².